The van der Waals surface area contributed by atoms with E-state index in [0.717, 1.165) is 11.3 Å². The molecule has 5 rings (SSSR count). The number of nitrogens with one attached hydrogen (secondary N) is 1. The molecule has 1 saturated heterocycles. The number of piperazine rings is 1. The predicted molar refractivity (Wildman–Crippen MR) is 125 cm³/mol. The summed E-state index contributed by atoms with van der Waals surface area (Å²) >= 11 is 6.96. The molecule has 9 nitrogen and oxygen atoms in total. The molecule has 172 valence electrons. The summed E-state index contributed by atoms with van der Waals surface area (Å²) < 4.78 is 38.5. The Morgan fingerprint density at radius 2 is 1.85 bits per heavy atom. The molecule has 0 atom stereocenters. The zero-order chi connectivity index (χ0) is 23.0. The summed E-state index contributed by atoms with van der Waals surface area (Å²) in [7, 11) is -3.59. The average Bonchev–Trinajstić information content (AvgIpc) is 3.48. The number of hydrogen-bond donors (Lipinski definition) is 1. The third kappa shape index (κ3) is 4.36. The normalized spacial score (nSPS) is 16.1. The number of anilines is 2. The van der Waals surface area contributed by atoms with Gasteiger partial charge in [0.15, 0.2) is 17.3 Å². The number of hydrogen-bond acceptors (Lipinski definition) is 8. The van der Waals surface area contributed by atoms with Gasteiger partial charge in [-0.3, -0.25) is 4.79 Å². The maximum absolute atomic E-state index is 12.9. The van der Waals surface area contributed by atoms with Crippen LogP contribution in [0.25, 0.3) is 0 Å². The number of benzene rings is 1. The molecule has 2 aliphatic heterocycles. The SMILES string of the molecule is O=C(Nc1cccnc1N1CCN(S(=O)(=O)c2ccc(Cl)s2)CC1)c1ccc2c(c1)OCO2. The number of ether oxygens (including phenoxy) is 2. The van der Waals surface area contributed by atoms with E-state index in [2.05, 4.69) is 10.3 Å². The Hall–Kier alpha value is -2.86. The van der Waals surface area contributed by atoms with Crippen molar-refractivity contribution >= 4 is 50.4 Å². The summed E-state index contributed by atoms with van der Waals surface area (Å²) in [5, 5.41) is 2.90. The van der Waals surface area contributed by atoms with Crippen molar-refractivity contribution in [2.24, 2.45) is 0 Å². The van der Waals surface area contributed by atoms with Gasteiger partial charge in [-0.05, 0) is 42.5 Å². The number of pyridine rings is 1. The van der Waals surface area contributed by atoms with Crippen LogP contribution in [0.15, 0.2) is 52.9 Å². The number of nitrogens with zero attached hydrogens (tertiary/aromatic N) is 3. The minimum absolute atomic E-state index is 0.133. The van der Waals surface area contributed by atoms with Crippen molar-refractivity contribution in [3.8, 4) is 11.5 Å². The summed E-state index contributed by atoms with van der Waals surface area (Å²) in [5.74, 6) is 1.41. The second kappa shape index (κ2) is 8.82. The Bertz CT molecular complexity index is 1310. The molecular weight excluding hydrogens is 488 g/mol. The highest BCUT2D eigenvalue weighted by Gasteiger charge is 2.31. The zero-order valence-electron chi connectivity index (χ0n) is 17.2. The number of carbonyl (C=O) groups excluding carboxylic acids is 1. The Labute approximate surface area is 199 Å². The molecule has 1 amide bonds. The molecule has 2 aliphatic rings. The van der Waals surface area contributed by atoms with Crippen LogP contribution >= 0.6 is 22.9 Å². The second-order valence-electron chi connectivity index (χ2n) is 7.35. The lowest BCUT2D eigenvalue weighted by atomic mass is 10.2. The first-order valence-electron chi connectivity index (χ1n) is 10.1. The summed E-state index contributed by atoms with van der Waals surface area (Å²) in [6, 6.07) is 11.6. The molecule has 4 heterocycles. The molecule has 1 aromatic carbocycles. The standard InChI is InChI=1S/C21H19ClN4O5S2/c22-18-5-6-19(32-18)33(28,29)26-10-8-25(9-11-26)20-15(2-1-7-23-20)24-21(27)14-3-4-16-17(12-14)31-13-30-16/h1-7,12H,8-11,13H2,(H,24,27). The van der Waals surface area contributed by atoms with Gasteiger partial charge in [-0.2, -0.15) is 4.31 Å². The summed E-state index contributed by atoms with van der Waals surface area (Å²) in [4.78, 5) is 19.2. The molecule has 2 aromatic heterocycles. The van der Waals surface area contributed by atoms with Crippen LogP contribution in [0.4, 0.5) is 11.5 Å². The van der Waals surface area contributed by atoms with Crippen molar-refractivity contribution in [2.75, 3.05) is 43.2 Å². The van der Waals surface area contributed by atoms with E-state index in [4.69, 9.17) is 21.1 Å². The van der Waals surface area contributed by atoms with Crippen molar-refractivity contribution in [1.29, 1.82) is 0 Å². The molecule has 1 N–H and O–H groups in total. The fourth-order valence-electron chi connectivity index (χ4n) is 3.68. The van der Waals surface area contributed by atoms with E-state index in [1.807, 2.05) is 4.90 Å². The largest absolute Gasteiger partial charge is 0.454 e. The first kappa shape index (κ1) is 22.0. The third-order valence-electron chi connectivity index (χ3n) is 5.35. The number of sulfonamides is 1. The summed E-state index contributed by atoms with van der Waals surface area (Å²) in [5.41, 5.74) is 0.973. The van der Waals surface area contributed by atoms with Crippen LogP contribution < -0.4 is 19.7 Å². The van der Waals surface area contributed by atoms with Crippen molar-refractivity contribution in [1.82, 2.24) is 9.29 Å². The zero-order valence-corrected chi connectivity index (χ0v) is 19.6. The van der Waals surface area contributed by atoms with Crippen LogP contribution in [0.3, 0.4) is 0 Å². The van der Waals surface area contributed by atoms with E-state index in [1.54, 1.807) is 42.6 Å². The molecule has 0 bridgehead atoms. The van der Waals surface area contributed by atoms with Crippen LogP contribution in [0.2, 0.25) is 4.34 Å². The Morgan fingerprint density at radius 3 is 2.61 bits per heavy atom. The first-order chi connectivity index (χ1) is 15.9. The highest BCUT2D eigenvalue weighted by atomic mass is 35.5. The molecule has 1 fully saturated rings. The molecule has 33 heavy (non-hydrogen) atoms. The minimum atomic E-state index is -3.59. The number of aromatic nitrogens is 1. The monoisotopic (exact) mass is 506 g/mol. The molecule has 0 spiro atoms. The van der Waals surface area contributed by atoms with Crippen molar-refractivity contribution < 1.29 is 22.7 Å². The lowest BCUT2D eigenvalue weighted by Crippen LogP contribution is -2.49. The highest BCUT2D eigenvalue weighted by Crippen LogP contribution is 2.33. The van der Waals surface area contributed by atoms with Gasteiger partial charge in [-0.25, -0.2) is 13.4 Å². The number of halogens is 1. The van der Waals surface area contributed by atoms with E-state index in [-0.39, 0.29) is 16.9 Å². The number of amides is 1. The first-order valence-corrected chi connectivity index (χ1v) is 12.7. The van der Waals surface area contributed by atoms with Crippen molar-refractivity contribution in [3.05, 3.63) is 58.6 Å². The Balaban J connectivity index is 1.29. The number of carbonyl (C=O) groups is 1. The molecule has 0 aliphatic carbocycles. The average molecular weight is 507 g/mol. The van der Waals surface area contributed by atoms with Gasteiger partial charge in [-0.15, -0.1) is 11.3 Å². The van der Waals surface area contributed by atoms with E-state index in [1.165, 1.54) is 10.4 Å². The predicted octanol–water partition coefficient (Wildman–Crippen LogP) is 3.29. The number of thiophene rings is 1. The smallest absolute Gasteiger partial charge is 0.255 e. The van der Waals surface area contributed by atoms with E-state index in [9.17, 15) is 13.2 Å². The van der Waals surface area contributed by atoms with Gasteiger partial charge in [0.2, 0.25) is 6.79 Å². The Kier molecular flexibility index (Phi) is 5.87. The maximum Gasteiger partial charge on any atom is 0.255 e. The van der Waals surface area contributed by atoms with Crippen molar-refractivity contribution in [3.63, 3.8) is 0 Å². The van der Waals surface area contributed by atoms with E-state index < -0.39 is 10.0 Å². The minimum Gasteiger partial charge on any atom is -0.454 e. The van der Waals surface area contributed by atoms with Crippen molar-refractivity contribution in [2.45, 2.75) is 4.21 Å². The second-order valence-corrected chi connectivity index (χ2v) is 11.2. The van der Waals surface area contributed by atoms with E-state index >= 15 is 0 Å². The van der Waals surface area contributed by atoms with Gasteiger partial charge in [-0.1, -0.05) is 11.6 Å². The Morgan fingerprint density at radius 1 is 1.06 bits per heavy atom. The lowest BCUT2D eigenvalue weighted by molar-refractivity contribution is 0.102. The van der Waals surface area contributed by atoms with Crippen LogP contribution in [0.5, 0.6) is 11.5 Å². The van der Waals surface area contributed by atoms with Gasteiger partial charge in [0.05, 0.1) is 10.0 Å². The fourth-order valence-corrected chi connectivity index (χ4v) is 6.74. The number of rotatable bonds is 5. The molecule has 0 radical (unpaired) electrons. The number of fused-ring (bicyclic) bond motifs is 1. The maximum atomic E-state index is 12.9. The van der Waals surface area contributed by atoms with Gasteiger partial charge < -0.3 is 19.7 Å². The fraction of sp³-hybridized carbons (Fsp3) is 0.238. The van der Waals surface area contributed by atoms with Crippen LogP contribution in [-0.4, -0.2) is 56.6 Å². The molecule has 12 heteroatoms. The summed E-state index contributed by atoms with van der Waals surface area (Å²) in [6.45, 7) is 1.59. The third-order valence-corrected chi connectivity index (χ3v) is 8.95. The van der Waals surface area contributed by atoms with Gasteiger partial charge in [0.25, 0.3) is 15.9 Å². The highest BCUT2D eigenvalue weighted by molar-refractivity contribution is 7.91. The quantitative estimate of drug-likeness (QED) is 0.566. The molecule has 0 unspecified atom stereocenters. The van der Waals surface area contributed by atoms with Crippen LogP contribution in [-0.2, 0) is 10.0 Å². The molecule has 3 aromatic rings. The topological polar surface area (TPSA) is 101 Å². The lowest BCUT2D eigenvalue weighted by Gasteiger charge is -2.35. The van der Waals surface area contributed by atoms with Crippen LogP contribution in [0, 0.1) is 0 Å². The molecule has 0 saturated carbocycles. The van der Waals surface area contributed by atoms with Gasteiger partial charge in [0.1, 0.15) is 4.21 Å². The van der Waals surface area contributed by atoms with Gasteiger partial charge >= 0.3 is 0 Å². The van der Waals surface area contributed by atoms with E-state index in [0.29, 0.717) is 59.1 Å². The summed E-state index contributed by atoms with van der Waals surface area (Å²) in [6.07, 6.45) is 1.64. The molecular formula is C21H19ClN4O5S2. The van der Waals surface area contributed by atoms with Crippen LogP contribution in [0.1, 0.15) is 10.4 Å². The van der Waals surface area contributed by atoms with Gasteiger partial charge in [0, 0.05) is 37.9 Å².